The second-order valence-corrected chi connectivity index (χ2v) is 6.60. The molecule has 0 saturated carbocycles. The smallest absolute Gasteiger partial charge is 0.141 e. The van der Waals surface area contributed by atoms with Gasteiger partial charge in [0.1, 0.15) is 16.0 Å². The molecule has 0 saturated heterocycles. The summed E-state index contributed by atoms with van der Waals surface area (Å²) in [6.07, 6.45) is 1.03. The van der Waals surface area contributed by atoms with Gasteiger partial charge >= 0.3 is 0 Å². The Bertz CT molecular complexity index is 427. The third-order valence-corrected chi connectivity index (χ3v) is 3.81. The number of ether oxygens (including phenoxy) is 2. The van der Waals surface area contributed by atoms with Crippen molar-refractivity contribution in [2.24, 2.45) is 5.41 Å². The summed E-state index contributed by atoms with van der Waals surface area (Å²) in [7, 11) is 5.32. The quantitative estimate of drug-likeness (QED) is 0.879. The highest BCUT2D eigenvalue weighted by molar-refractivity contribution is 9.10. The number of halogens is 1. The molecule has 1 rings (SSSR count). The van der Waals surface area contributed by atoms with Crippen molar-refractivity contribution in [2.45, 2.75) is 33.2 Å². The third kappa shape index (κ3) is 4.11. The van der Waals surface area contributed by atoms with Crippen LogP contribution in [0.5, 0.6) is 11.5 Å². The lowest BCUT2D eigenvalue weighted by atomic mass is 9.85. The molecule has 19 heavy (non-hydrogen) atoms. The molecule has 1 aromatic rings. The highest BCUT2D eigenvalue weighted by Crippen LogP contribution is 2.42. The lowest BCUT2D eigenvalue weighted by Gasteiger charge is -2.27. The molecule has 4 heteroatoms. The molecule has 0 radical (unpaired) electrons. The molecule has 0 heterocycles. The fraction of sp³-hybridized carbons (Fsp3) is 0.600. The van der Waals surface area contributed by atoms with Crippen molar-refractivity contribution in [3.05, 3.63) is 22.2 Å². The molecule has 1 aromatic carbocycles. The molecule has 0 bridgehead atoms. The lowest BCUT2D eigenvalue weighted by molar-refractivity contribution is 0.312. The van der Waals surface area contributed by atoms with Gasteiger partial charge in [0.2, 0.25) is 0 Å². The van der Waals surface area contributed by atoms with Gasteiger partial charge in [-0.2, -0.15) is 0 Å². The Morgan fingerprint density at radius 2 is 1.84 bits per heavy atom. The Labute approximate surface area is 124 Å². The van der Waals surface area contributed by atoms with Crippen LogP contribution in [0.15, 0.2) is 16.6 Å². The van der Waals surface area contributed by atoms with E-state index < -0.39 is 0 Å². The van der Waals surface area contributed by atoms with Crippen LogP contribution in [0, 0.1) is 5.41 Å². The minimum Gasteiger partial charge on any atom is -0.495 e. The van der Waals surface area contributed by atoms with Crippen LogP contribution < -0.4 is 14.8 Å². The van der Waals surface area contributed by atoms with Crippen LogP contribution in [-0.4, -0.2) is 21.3 Å². The summed E-state index contributed by atoms with van der Waals surface area (Å²) in [5.74, 6) is 1.62. The fourth-order valence-electron chi connectivity index (χ4n) is 2.17. The molecule has 108 valence electrons. The second-order valence-electron chi connectivity index (χ2n) is 5.81. The summed E-state index contributed by atoms with van der Waals surface area (Å²) >= 11 is 3.55. The summed E-state index contributed by atoms with van der Waals surface area (Å²) in [5, 5.41) is 3.37. The van der Waals surface area contributed by atoms with Gasteiger partial charge in [-0.1, -0.05) is 20.8 Å². The van der Waals surface area contributed by atoms with E-state index in [0.717, 1.165) is 28.0 Å². The van der Waals surface area contributed by atoms with Gasteiger partial charge in [-0.25, -0.2) is 0 Å². The zero-order chi connectivity index (χ0) is 14.6. The highest BCUT2D eigenvalue weighted by atomic mass is 79.9. The molecule has 0 spiro atoms. The minimum absolute atomic E-state index is 0.241. The van der Waals surface area contributed by atoms with Crippen molar-refractivity contribution in [1.29, 1.82) is 0 Å². The maximum atomic E-state index is 5.55. The molecule has 0 aliphatic heterocycles. The first-order valence-corrected chi connectivity index (χ1v) is 7.21. The van der Waals surface area contributed by atoms with Gasteiger partial charge in [-0.05, 0) is 46.9 Å². The molecule has 0 fully saturated rings. The van der Waals surface area contributed by atoms with Gasteiger partial charge in [0.05, 0.1) is 14.2 Å². The van der Waals surface area contributed by atoms with Gasteiger partial charge in [0, 0.05) is 11.6 Å². The van der Waals surface area contributed by atoms with Crippen LogP contribution in [-0.2, 0) is 0 Å². The predicted molar refractivity (Wildman–Crippen MR) is 83.1 cm³/mol. The average Bonchev–Trinajstić information content (AvgIpc) is 2.34. The van der Waals surface area contributed by atoms with Crippen molar-refractivity contribution >= 4 is 15.9 Å². The predicted octanol–water partition coefficient (Wildman–Crippen LogP) is 4.16. The number of rotatable bonds is 5. The van der Waals surface area contributed by atoms with Gasteiger partial charge in [-0.15, -0.1) is 0 Å². The zero-order valence-electron chi connectivity index (χ0n) is 12.6. The molecule has 0 aromatic heterocycles. The van der Waals surface area contributed by atoms with Crippen molar-refractivity contribution < 1.29 is 9.47 Å². The Morgan fingerprint density at radius 1 is 1.21 bits per heavy atom. The largest absolute Gasteiger partial charge is 0.495 e. The topological polar surface area (TPSA) is 30.5 Å². The summed E-state index contributed by atoms with van der Waals surface area (Å²) in [6, 6.07) is 4.28. The van der Waals surface area contributed by atoms with Crippen molar-refractivity contribution in [3.8, 4) is 11.5 Å². The van der Waals surface area contributed by atoms with E-state index in [1.165, 1.54) is 0 Å². The number of hydrogen-bond donors (Lipinski definition) is 1. The molecule has 1 atom stereocenters. The molecule has 0 aliphatic rings. The summed E-state index contributed by atoms with van der Waals surface area (Å²) in [6.45, 7) is 6.72. The van der Waals surface area contributed by atoms with E-state index in [0.29, 0.717) is 0 Å². The van der Waals surface area contributed by atoms with E-state index in [-0.39, 0.29) is 11.5 Å². The minimum atomic E-state index is 0.241. The first kappa shape index (κ1) is 16.3. The SMILES string of the molecule is CNC(CC(C)(C)C)c1ccc(OC)c(Br)c1OC. The van der Waals surface area contributed by atoms with E-state index in [9.17, 15) is 0 Å². The van der Waals surface area contributed by atoms with E-state index >= 15 is 0 Å². The Balaban J connectivity index is 3.21. The third-order valence-electron chi connectivity index (χ3n) is 3.06. The van der Waals surface area contributed by atoms with Crippen LogP contribution in [0.4, 0.5) is 0 Å². The Morgan fingerprint density at radius 3 is 2.26 bits per heavy atom. The van der Waals surface area contributed by atoms with Crippen LogP contribution in [0.1, 0.15) is 38.8 Å². The van der Waals surface area contributed by atoms with Crippen molar-refractivity contribution in [2.75, 3.05) is 21.3 Å². The standard InChI is InChI=1S/C15H24BrNO2/c1-15(2,3)9-11(17-4)10-7-8-12(18-5)13(16)14(10)19-6/h7-8,11,17H,9H2,1-6H3. The molecular formula is C15H24BrNO2. The van der Waals surface area contributed by atoms with E-state index in [1.807, 2.05) is 13.1 Å². The summed E-state index contributed by atoms with van der Waals surface area (Å²) < 4.78 is 11.7. The number of benzene rings is 1. The van der Waals surface area contributed by atoms with Gasteiger partial charge in [-0.3, -0.25) is 0 Å². The molecule has 3 nitrogen and oxygen atoms in total. The monoisotopic (exact) mass is 329 g/mol. The van der Waals surface area contributed by atoms with E-state index in [1.54, 1.807) is 14.2 Å². The average molecular weight is 330 g/mol. The lowest BCUT2D eigenvalue weighted by Crippen LogP contribution is -2.23. The maximum Gasteiger partial charge on any atom is 0.141 e. The Kier molecular flexibility index (Phi) is 5.68. The highest BCUT2D eigenvalue weighted by Gasteiger charge is 2.23. The van der Waals surface area contributed by atoms with Gasteiger partial charge in [0.25, 0.3) is 0 Å². The summed E-state index contributed by atoms with van der Waals surface area (Å²) in [5.41, 5.74) is 1.39. The molecule has 1 N–H and O–H groups in total. The summed E-state index contributed by atoms with van der Waals surface area (Å²) in [4.78, 5) is 0. The number of nitrogens with one attached hydrogen (secondary N) is 1. The zero-order valence-corrected chi connectivity index (χ0v) is 14.2. The fourth-order valence-corrected chi connectivity index (χ4v) is 2.86. The maximum absolute atomic E-state index is 5.55. The van der Waals surface area contributed by atoms with Crippen LogP contribution >= 0.6 is 15.9 Å². The molecule has 0 aliphatic carbocycles. The van der Waals surface area contributed by atoms with Gasteiger partial charge in [0.15, 0.2) is 0 Å². The second kappa shape index (κ2) is 6.62. The molecule has 1 unspecified atom stereocenters. The van der Waals surface area contributed by atoms with E-state index in [2.05, 4.69) is 48.1 Å². The van der Waals surface area contributed by atoms with Crippen LogP contribution in [0.2, 0.25) is 0 Å². The van der Waals surface area contributed by atoms with E-state index in [4.69, 9.17) is 9.47 Å². The number of hydrogen-bond acceptors (Lipinski definition) is 3. The number of methoxy groups -OCH3 is 2. The van der Waals surface area contributed by atoms with Crippen molar-refractivity contribution in [3.63, 3.8) is 0 Å². The van der Waals surface area contributed by atoms with Crippen molar-refractivity contribution in [1.82, 2.24) is 5.32 Å². The normalized spacial score (nSPS) is 13.2. The molecule has 0 amide bonds. The molecular weight excluding hydrogens is 306 g/mol. The first-order chi connectivity index (χ1) is 8.84. The Hall–Kier alpha value is -0.740. The van der Waals surface area contributed by atoms with Crippen LogP contribution in [0.3, 0.4) is 0 Å². The van der Waals surface area contributed by atoms with Gasteiger partial charge < -0.3 is 14.8 Å². The first-order valence-electron chi connectivity index (χ1n) is 6.41. The van der Waals surface area contributed by atoms with Crippen LogP contribution in [0.25, 0.3) is 0 Å².